The van der Waals surface area contributed by atoms with Gasteiger partial charge >= 0.3 is 0 Å². The van der Waals surface area contributed by atoms with Gasteiger partial charge in [-0.25, -0.2) is 0 Å². The van der Waals surface area contributed by atoms with Crippen LogP contribution in [0.3, 0.4) is 0 Å². The van der Waals surface area contributed by atoms with Crippen molar-refractivity contribution in [2.24, 2.45) is 17.6 Å². The molecule has 0 bridgehead atoms. The highest BCUT2D eigenvalue weighted by Gasteiger charge is 2.28. The highest BCUT2D eigenvalue weighted by molar-refractivity contribution is 5.40. The molecule has 3 atom stereocenters. The normalized spacial score (nSPS) is 24.4. The second-order valence-electron chi connectivity index (χ2n) is 6.35. The van der Waals surface area contributed by atoms with Crippen LogP contribution in [0.4, 0.5) is 0 Å². The van der Waals surface area contributed by atoms with E-state index >= 15 is 0 Å². The third-order valence-electron chi connectivity index (χ3n) is 4.66. The molecule has 2 N–H and O–H groups in total. The summed E-state index contributed by atoms with van der Waals surface area (Å²) in [7, 11) is 0. The fourth-order valence-corrected chi connectivity index (χ4v) is 3.66. The second kappa shape index (κ2) is 7.12. The summed E-state index contributed by atoms with van der Waals surface area (Å²) in [6.07, 6.45) is 5.34. The van der Waals surface area contributed by atoms with Crippen LogP contribution < -0.4 is 10.5 Å². The minimum Gasteiger partial charge on any atom is -0.494 e. The van der Waals surface area contributed by atoms with E-state index in [1.165, 1.54) is 36.8 Å². The number of ether oxygens (including phenoxy) is 1. The van der Waals surface area contributed by atoms with E-state index in [4.69, 9.17) is 10.5 Å². The van der Waals surface area contributed by atoms with Crippen LogP contribution in [0, 0.1) is 18.8 Å². The summed E-state index contributed by atoms with van der Waals surface area (Å²) in [5.41, 5.74) is 8.76. The lowest BCUT2D eigenvalue weighted by Crippen LogP contribution is -2.26. The molecule has 1 aliphatic carbocycles. The maximum Gasteiger partial charge on any atom is 0.122 e. The van der Waals surface area contributed by atoms with E-state index in [2.05, 4.69) is 32.0 Å². The first kappa shape index (κ1) is 15.4. The van der Waals surface area contributed by atoms with Crippen molar-refractivity contribution in [1.29, 1.82) is 0 Å². The van der Waals surface area contributed by atoms with Crippen LogP contribution in [0.1, 0.15) is 56.6 Å². The number of benzene rings is 1. The maximum absolute atomic E-state index is 6.14. The van der Waals surface area contributed by atoms with Crippen molar-refractivity contribution in [2.75, 3.05) is 13.2 Å². The molecular weight excluding hydrogens is 246 g/mol. The fraction of sp³-hybridized carbons (Fsp3) is 0.667. The Labute approximate surface area is 123 Å². The van der Waals surface area contributed by atoms with E-state index in [0.29, 0.717) is 18.4 Å². The first-order valence-corrected chi connectivity index (χ1v) is 8.09. The van der Waals surface area contributed by atoms with Crippen LogP contribution in [0.25, 0.3) is 0 Å². The van der Waals surface area contributed by atoms with Gasteiger partial charge < -0.3 is 10.5 Å². The molecule has 112 valence electrons. The Morgan fingerprint density at radius 2 is 2.15 bits per heavy atom. The largest absolute Gasteiger partial charge is 0.494 e. The molecule has 0 radical (unpaired) electrons. The van der Waals surface area contributed by atoms with Gasteiger partial charge in [-0.1, -0.05) is 37.5 Å². The van der Waals surface area contributed by atoms with Crippen molar-refractivity contribution >= 4 is 0 Å². The lowest BCUT2D eigenvalue weighted by Gasteiger charge is -2.33. The SMILES string of the molecule is CCOc1ccc(C)cc1C(CN)C1CCCC(C)C1. The van der Waals surface area contributed by atoms with Crippen LogP contribution in [-0.2, 0) is 0 Å². The zero-order chi connectivity index (χ0) is 14.5. The Balaban J connectivity index is 2.27. The number of nitrogens with two attached hydrogens (primary N) is 1. The molecule has 0 heterocycles. The van der Waals surface area contributed by atoms with Crippen LogP contribution in [0.2, 0.25) is 0 Å². The van der Waals surface area contributed by atoms with Crippen molar-refractivity contribution in [3.63, 3.8) is 0 Å². The van der Waals surface area contributed by atoms with Crippen molar-refractivity contribution in [2.45, 2.75) is 52.4 Å². The van der Waals surface area contributed by atoms with E-state index in [0.717, 1.165) is 18.2 Å². The quantitative estimate of drug-likeness (QED) is 0.871. The van der Waals surface area contributed by atoms with Gasteiger partial charge in [-0.15, -0.1) is 0 Å². The maximum atomic E-state index is 6.14. The fourth-order valence-electron chi connectivity index (χ4n) is 3.66. The summed E-state index contributed by atoms with van der Waals surface area (Å²) in [5.74, 6) is 3.03. The average molecular weight is 275 g/mol. The van der Waals surface area contributed by atoms with Gasteiger partial charge in [0.05, 0.1) is 6.61 Å². The smallest absolute Gasteiger partial charge is 0.122 e. The molecule has 1 aliphatic rings. The van der Waals surface area contributed by atoms with Gasteiger partial charge in [-0.05, 0) is 56.7 Å². The number of rotatable bonds is 5. The molecule has 2 nitrogen and oxygen atoms in total. The van der Waals surface area contributed by atoms with Crippen molar-refractivity contribution < 1.29 is 4.74 Å². The van der Waals surface area contributed by atoms with Gasteiger partial charge in [0.2, 0.25) is 0 Å². The highest BCUT2D eigenvalue weighted by atomic mass is 16.5. The molecule has 0 amide bonds. The third kappa shape index (κ3) is 3.54. The van der Waals surface area contributed by atoms with E-state index in [-0.39, 0.29) is 0 Å². The summed E-state index contributed by atoms with van der Waals surface area (Å²) in [4.78, 5) is 0. The van der Waals surface area contributed by atoms with Crippen LogP contribution >= 0.6 is 0 Å². The highest BCUT2D eigenvalue weighted by Crippen LogP contribution is 2.41. The standard InChI is InChI=1S/C18H29NO/c1-4-20-18-9-8-14(3)11-16(18)17(12-19)15-7-5-6-13(2)10-15/h8-9,11,13,15,17H,4-7,10,12,19H2,1-3H3. The molecule has 1 saturated carbocycles. The molecule has 2 rings (SSSR count). The third-order valence-corrected chi connectivity index (χ3v) is 4.66. The van der Waals surface area contributed by atoms with Gasteiger partial charge in [-0.3, -0.25) is 0 Å². The Morgan fingerprint density at radius 3 is 2.80 bits per heavy atom. The van der Waals surface area contributed by atoms with Crippen LogP contribution in [0.15, 0.2) is 18.2 Å². The first-order chi connectivity index (χ1) is 9.65. The number of hydrogen-bond donors (Lipinski definition) is 1. The van der Waals surface area contributed by atoms with E-state index < -0.39 is 0 Å². The summed E-state index contributed by atoms with van der Waals surface area (Å²) in [6, 6.07) is 6.52. The Bertz CT molecular complexity index is 429. The molecule has 0 aromatic heterocycles. The predicted octanol–water partition coefficient (Wildman–Crippen LogP) is 4.26. The molecule has 0 spiro atoms. The average Bonchev–Trinajstić information content (AvgIpc) is 2.43. The minimum absolute atomic E-state index is 0.444. The van der Waals surface area contributed by atoms with Gasteiger partial charge in [0.15, 0.2) is 0 Å². The molecule has 1 aromatic carbocycles. The Morgan fingerprint density at radius 1 is 1.35 bits per heavy atom. The summed E-state index contributed by atoms with van der Waals surface area (Å²) < 4.78 is 5.84. The van der Waals surface area contributed by atoms with Gasteiger partial charge in [0.1, 0.15) is 5.75 Å². The number of aryl methyl sites for hydroxylation is 1. The number of hydrogen-bond acceptors (Lipinski definition) is 2. The first-order valence-electron chi connectivity index (χ1n) is 8.09. The van der Waals surface area contributed by atoms with E-state index in [1.54, 1.807) is 0 Å². The molecule has 3 unspecified atom stereocenters. The van der Waals surface area contributed by atoms with Gasteiger partial charge in [0, 0.05) is 5.92 Å². The summed E-state index contributed by atoms with van der Waals surface area (Å²) in [5, 5.41) is 0. The van der Waals surface area contributed by atoms with Crippen LogP contribution in [0.5, 0.6) is 5.75 Å². The lowest BCUT2D eigenvalue weighted by molar-refractivity contribution is 0.242. The zero-order valence-corrected chi connectivity index (χ0v) is 13.2. The second-order valence-corrected chi connectivity index (χ2v) is 6.35. The lowest BCUT2D eigenvalue weighted by atomic mass is 9.73. The topological polar surface area (TPSA) is 35.2 Å². The predicted molar refractivity (Wildman–Crippen MR) is 85.3 cm³/mol. The molecule has 1 fully saturated rings. The zero-order valence-electron chi connectivity index (χ0n) is 13.2. The minimum atomic E-state index is 0.444. The molecule has 0 aliphatic heterocycles. The van der Waals surface area contributed by atoms with Crippen LogP contribution in [-0.4, -0.2) is 13.2 Å². The molecule has 2 heteroatoms. The van der Waals surface area contributed by atoms with Crippen molar-refractivity contribution in [3.05, 3.63) is 29.3 Å². The van der Waals surface area contributed by atoms with Gasteiger partial charge in [-0.2, -0.15) is 0 Å². The molecule has 1 aromatic rings. The molecule has 20 heavy (non-hydrogen) atoms. The van der Waals surface area contributed by atoms with Crippen molar-refractivity contribution in [3.8, 4) is 5.75 Å². The Hall–Kier alpha value is -1.02. The summed E-state index contributed by atoms with van der Waals surface area (Å²) in [6.45, 7) is 8.01. The van der Waals surface area contributed by atoms with E-state index in [1.807, 2.05) is 6.92 Å². The summed E-state index contributed by atoms with van der Waals surface area (Å²) >= 11 is 0. The van der Waals surface area contributed by atoms with Gasteiger partial charge in [0.25, 0.3) is 0 Å². The van der Waals surface area contributed by atoms with E-state index in [9.17, 15) is 0 Å². The monoisotopic (exact) mass is 275 g/mol. The Kier molecular flexibility index (Phi) is 5.47. The molecule has 0 saturated heterocycles. The van der Waals surface area contributed by atoms with Crippen molar-refractivity contribution in [1.82, 2.24) is 0 Å². The molecular formula is C18H29NO.